The third-order valence-electron chi connectivity index (χ3n) is 7.50. The molecule has 43 heavy (non-hydrogen) atoms. The van der Waals surface area contributed by atoms with Crippen molar-refractivity contribution < 1.29 is 18.0 Å². The number of hydrogen-bond acceptors (Lipinski definition) is 4. The van der Waals surface area contributed by atoms with Crippen molar-refractivity contribution in [1.82, 2.24) is 10.2 Å². The fourth-order valence-corrected chi connectivity index (χ4v) is 6.49. The molecule has 0 heterocycles. The zero-order valence-corrected chi connectivity index (χ0v) is 26.0. The molecule has 0 spiro atoms. The molecule has 0 aliphatic rings. The van der Waals surface area contributed by atoms with Crippen molar-refractivity contribution in [2.75, 3.05) is 17.4 Å². The molecule has 4 rings (SSSR count). The Kier molecular flexibility index (Phi) is 10.4. The van der Waals surface area contributed by atoms with E-state index in [0.29, 0.717) is 17.8 Å². The summed E-state index contributed by atoms with van der Waals surface area (Å²) in [6.07, 6.45) is 0.277. The standard InChI is InChI=1S/C35H39N3O4S/c1-5-36-35(40)33(23-29-15-7-6-8-16-29)37(24-30-17-11-9-13-27(30)3)34(39)25-38(32-18-12-10-14-28(32)4)43(41,42)31-21-19-26(2)20-22-31/h6-22,33H,5,23-25H2,1-4H3,(H,36,40)/t33-/m1/s1. The highest BCUT2D eigenvalue weighted by molar-refractivity contribution is 7.92. The van der Waals surface area contributed by atoms with Gasteiger partial charge in [-0.05, 0) is 68.1 Å². The van der Waals surface area contributed by atoms with E-state index in [1.54, 1.807) is 36.4 Å². The van der Waals surface area contributed by atoms with Gasteiger partial charge in [0.25, 0.3) is 10.0 Å². The van der Waals surface area contributed by atoms with Crippen molar-refractivity contribution in [3.8, 4) is 0 Å². The summed E-state index contributed by atoms with van der Waals surface area (Å²) in [5.41, 5.74) is 4.78. The number of anilines is 1. The summed E-state index contributed by atoms with van der Waals surface area (Å²) in [5.74, 6) is -0.772. The smallest absolute Gasteiger partial charge is 0.264 e. The van der Waals surface area contributed by atoms with Gasteiger partial charge in [-0.25, -0.2) is 8.42 Å². The van der Waals surface area contributed by atoms with E-state index in [1.165, 1.54) is 4.90 Å². The van der Waals surface area contributed by atoms with Gasteiger partial charge in [0.05, 0.1) is 10.6 Å². The lowest BCUT2D eigenvalue weighted by Gasteiger charge is -2.34. The van der Waals surface area contributed by atoms with Gasteiger partial charge < -0.3 is 10.2 Å². The number of carbonyl (C=O) groups is 2. The number of carbonyl (C=O) groups excluding carboxylic acids is 2. The number of amides is 2. The third-order valence-corrected chi connectivity index (χ3v) is 9.27. The first-order chi connectivity index (χ1) is 20.6. The van der Waals surface area contributed by atoms with E-state index in [-0.39, 0.29) is 23.8 Å². The van der Waals surface area contributed by atoms with Crippen LogP contribution < -0.4 is 9.62 Å². The maximum Gasteiger partial charge on any atom is 0.264 e. The van der Waals surface area contributed by atoms with Gasteiger partial charge in [0.2, 0.25) is 11.8 Å². The number of hydrogen-bond donors (Lipinski definition) is 1. The van der Waals surface area contributed by atoms with E-state index in [1.807, 2.05) is 94.4 Å². The van der Waals surface area contributed by atoms with Gasteiger partial charge in [0.1, 0.15) is 12.6 Å². The fourth-order valence-electron chi connectivity index (χ4n) is 5.01. The van der Waals surface area contributed by atoms with Crippen LogP contribution in [0.2, 0.25) is 0 Å². The fraction of sp³-hybridized carbons (Fsp3) is 0.257. The molecule has 2 amide bonds. The summed E-state index contributed by atoms with van der Waals surface area (Å²) in [6, 6.07) is 30.0. The van der Waals surface area contributed by atoms with E-state index < -0.39 is 28.5 Å². The average Bonchev–Trinajstić information content (AvgIpc) is 2.99. The zero-order chi connectivity index (χ0) is 31.0. The molecular weight excluding hydrogens is 558 g/mol. The molecule has 0 saturated heterocycles. The van der Waals surface area contributed by atoms with Crippen molar-refractivity contribution in [1.29, 1.82) is 0 Å². The molecule has 224 valence electrons. The Morgan fingerprint density at radius 3 is 2.00 bits per heavy atom. The SMILES string of the molecule is CCNC(=O)[C@@H](Cc1ccccc1)N(Cc1ccccc1C)C(=O)CN(c1ccccc1C)S(=O)(=O)c1ccc(C)cc1. The molecule has 7 nitrogen and oxygen atoms in total. The predicted octanol–water partition coefficient (Wildman–Crippen LogP) is 5.58. The lowest BCUT2D eigenvalue weighted by atomic mass is 10.0. The first-order valence-electron chi connectivity index (χ1n) is 14.4. The molecule has 0 fully saturated rings. The molecule has 4 aromatic carbocycles. The summed E-state index contributed by atoms with van der Waals surface area (Å²) in [6.45, 7) is 7.56. The van der Waals surface area contributed by atoms with Crippen molar-refractivity contribution >= 4 is 27.5 Å². The van der Waals surface area contributed by atoms with Gasteiger partial charge in [0, 0.05) is 19.5 Å². The zero-order valence-electron chi connectivity index (χ0n) is 25.2. The normalized spacial score (nSPS) is 11.9. The van der Waals surface area contributed by atoms with Crippen LogP contribution in [-0.4, -0.2) is 44.3 Å². The molecule has 0 saturated carbocycles. The highest BCUT2D eigenvalue weighted by Crippen LogP contribution is 2.28. The number of para-hydroxylation sites is 1. The second-order valence-corrected chi connectivity index (χ2v) is 12.5. The first kappa shape index (κ1) is 31.5. The molecule has 0 bridgehead atoms. The molecule has 0 aromatic heterocycles. The molecule has 0 aliphatic carbocycles. The minimum atomic E-state index is -4.13. The van der Waals surface area contributed by atoms with E-state index in [0.717, 1.165) is 26.6 Å². The van der Waals surface area contributed by atoms with Crippen LogP contribution in [0.5, 0.6) is 0 Å². The summed E-state index contributed by atoms with van der Waals surface area (Å²) in [4.78, 5) is 29.7. The van der Waals surface area contributed by atoms with Gasteiger partial charge in [-0.1, -0.05) is 90.5 Å². The summed E-state index contributed by atoms with van der Waals surface area (Å²) in [5, 5.41) is 2.89. The predicted molar refractivity (Wildman–Crippen MR) is 171 cm³/mol. The second-order valence-electron chi connectivity index (χ2n) is 10.7. The Morgan fingerprint density at radius 2 is 1.37 bits per heavy atom. The number of nitrogens with zero attached hydrogens (tertiary/aromatic N) is 2. The molecule has 0 unspecified atom stereocenters. The molecule has 0 aliphatic heterocycles. The quantitative estimate of drug-likeness (QED) is 0.231. The number of nitrogens with one attached hydrogen (secondary N) is 1. The van der Waals surface area contributed by atoms with Crippen molar-refractivity contribution in [3.63, 3.8) is 0 Å². The third kappa shape index (κ3) is 7.70. The Balaban J connectivity index is 1.81. The van der Waals surface area contributed by atoms with Crippen LogP contribution in [0.4, 0.5) is 5.69 Å². The van der Waals surface area contributed by atoms with Crippen LogP contribution in [0.25, 0.3) is 0 Å². The second kappa shape index (κ2) is 14.2. The van der Waals surface area contributed by atoms with Crippen molar-refractivity contribution in [3.05, 3.63) is 131 Å². The Labute approximate surface area is 255 Å². The van der Waals surface area contributed by atoms with E-state index in [4.69, 9.17) is 0 Å². The molecular formula is C35H39N3O4S. The lowest BCUT2D eigenvalue weighted by molar-refractivity contribution is -0.140. The van der Waals surface area contributed by atoms with Gasteiger partial charge >= 0.3 is 0 Å². The van der Waals surface area contributed by atoms with Gasteiger partial charge in [0.15, 0.2) is 0 Å². The molecule has 8 heteroatoms. The summed E-state index contributed by atoms with van der Waals surface area (Å²) < 4.78 is 29.4. The number of likely N-dealkylation sites (N-methyl/N-ethyl adjacent to an activating group) is 1. The van der Waals surface area contributed by atoms with Gasteiger partial charge in [-0.2, -0.15) is 0 Å². The van der Waals surface area contributed by atoms with Gasteiger partial charge in [-0.15, -0.1) is 0 Å². The van der Waals surface area contributed by atoms with Crippen LogP contribution in [0.3, 0.4) is 0 Å². The first-order valence-corrected chi connectivity index (χ1v) is 15.9. The Morgan fingerprint density at radius 1 is 0.767 bits per heavy atom. The van der Waals surface area contributed by atoms with E-state index in [2.05, 4.69) is 5.32 Å². The summed E-state index contributed by atoms with van der Waals surface area (Å²) >= 11 is 0. The highest BCUT2D eigenvalue weighted by Gasteiger charge is 2.35. The maximum atomic E-state index is 14.5. The topological polar surface area (TPSA) is 86.8 Å². The molecule has 1 atom stereocenters. The average molecular weight is 598 g/mol. The lowest BCUT2D eigenvalue weighted by Crippen LogP contribution is -2.53. The molecule has 0 radical (unpaired) electrons. The van der Waals surface area contributed by atoms with Crippen LogP contribution in [0, 0.1) is 20.8 Å². The van der Waals surface area contributed by atoms with Crippen LogP contribution in [-0.2, 0) is 32.6 Å². The van der Waals surface area contributed by atoms with Gasteiger partial charge in [-0.3, -0.25) is 13.9 Å². The van der Waals surface area contributed by atoms with Crippen molar-refractivity contribution in [2.24, 2.45) is 0 Å². The number of aryl methyl sites for hydroxylation is 3. The van der Waals surface area contributed by atoms with Crippen LogP contribution >= 0.6 is 0 Å². The molecule has 4 aromatic rings. The number of benzene rings is 4. The largest absolute Gasteiger partial charge is 0.355 e. The van der Waals surface area contributed by atoms with Crippen LogP contribution in [0.1, 0.15) is 34.7 Å². The Bertz CT molecular complexity index is 1650. The van der Waals surface area contributed by atoms with Crippen molar-refractivity contribution in [2.45, 2.75) is 51.6 Å². The minimum Gasteiger partial charge on any atom is -0.355 e. The van der Waals surface area contributed by atoms with E-state index in [9.17, 15) is 18.0 Å². The highest BCUT2D eigenvalue weighted by atomic mass is 32.2. The monoisotopic (exact) mass is 597 g/mol. The number of sulfonamides is 1. The summed E-state index contributed by atoms with van der Waals surface area (Å²) in [7, 11) is -4.13. The maximum absolute atomic E-state index is 14.5. The minimum absolute atomic E-state index is 0.0872. The molecule has 1 N–H and O–H groups in total. The number of rotatable bonds is 12. The van der Waals surface area contributed by atoms with Crippen LogP contribution in [0.15, 0.2) is 108 Å². The van der Waals surface area contributed by atoms with E-state index >= 15 is 0 Å². The Hall–Kier alpha value is -4.43.